The summed E-state index contributed by atoms with van der Waals surface area (Å²) in [6, 6.07) is 5.85. The van der Waals surface area contributed by atoms with Crippen LogP contribution in [0.2, 0.25) is 0 Å². The van der Waals surface area contributed by atoms with E-state index in [-0.39, 0.29) is 37.8 Å². The number of hydrogen-bond donors (Lipinski definition) is 0. The van der Waals surface area contributed by atoms with Gasteiger partial charge in [0, 0.05) is 60.9 Å². The molecule has 1 aliphatic carbocycles. The number of fused-ring (bicyclic) bond motifs is 1. The van der Waals surface area contributed by atoms with E-state index in [9.17, 15) is 13.6 Å². The number of carbonyl (C=O) groups is 1. The third-order valence-corrected chi connectivity index (χ3v) is 5.46. The van der Waals surface area contributed by atoms with E-state index in [1.807, 2.05) is 29.0 Å². The average molecular weight is 382 g/mol. The summed E-state index contributed by atoms with van der Waals surface area (Å²) in [5, 5.41) is 9.89. The number of pyridine rings is 1. The number of hydrogen-bond acceptors (Lipinski definition) is 3. The second kappa shape index (κ2) is 6.86. The molecule has 0 N–H and O–H groups in total. The molecule has 1 atom stereocenters. The van der Waals surface area contributed by atoms with E-state index < -0.39 is 5.92 Å². The highest BCUT2D eigenvalue weighted by molar-refractivity contribution is 5.97. The molecule has 3 heterocycles. The van der Waals surface area contributed by atoms with Crippen LogP contribution in [0.4, 0.5) is 8.78 Å². The van der Waals surface area contributed by atoms with E-state index in [2.05, 4.69) is 18.0 Å². The Balaban J connectivity index is 1.60. The van der Waals surface area contributed by atoms with Crippen LogP contribution in [-0.2, 0) is 0 Å². The minimum absolute atomic E-state index is 0.0584. The highest BCUT2D eigenvalue weighted by Gasteiger charge is 2.35. The molecule has 0 bridgehead atoms. The zero-order valence-electron chi connectivity index (χ0n) is 15.5. The number of carbonyl (C=O) groups excluding carboxylic acids is 1. The zero-order valence-corrected chi connectivity index (χ0v) is 15.5. The van der Waals surface area contributed by atoms with Gasteiger partial charge in [-0.3, -0.25) is 4.79 Å². The van der Waals surface area contributed by atoms with Gasteiger partial charge in [0.15, 0.2) is 0 Å². The molecule has 5 nitrogen and oxygen atoms in total. The summed E-state index contributed by atoms with van der Waals surface area (Å²) < 4.78 is 28.6. The van der Waals surface area contributed by atoms with Gasteiger partial charge in [-0.2, -0.15) is 5.26 Å². The minimum Gasteiger partial charge on any atom is -0.338 e. The van der Waals surface area contributed by atoms with Crippen molar-refractivity contribution >= 4 is 22.6 Å². The monoisotopic (exact) mass is 382 g/mol. The number of allylic oxidation sites excluding steroid dienone is 4. The summed E-state index contributed by atoms with van der Waals surface area (Å²) in [6.45, 7) is 2.18. The van der Waals surface area contributed by atoms with Crippen molar-refractivity contribution in [1.29, 1.82) is 5.26 Å². The molecular weight excluding hydrogens is 362 g/mol. The second-order valence-corrected chi connectivity index (χ2v) is 7.47. The predicted molar refractivity (Wildman–Crippen MR) is 102 cm³/mol. The standard InChI is InChI=1S/C21H20F2N4O/c1-14-10-15(12-24)2-3-18(14)27-7-4-16-11-17(13-25-19(16)27)20(28)26-8-5-21(22,23)6-9-26/h2-4,7,11,13-14H,5-6,8-10H2,1H3. The Morgan fingerprint density at radius 3 is 2.75 bits per heavy atom. The second-order valence-electron chi connectivity index (χ2n) is 7.47. The zero-order chi connectivity index (χ0) is 19.9. The van der Waals surface area contributed by atoms with Crippen LogP contribution in [0, 0.1) is 17.2 Å². The van der Waals surface area contributed by atoms with E-state index in [4.69, 9.17) is 5.26 Å². The molecule has 28 heavy (non-hydrogen) atoms. The molecular formula is C21H20F2N4O. The molecule has 144 valence electrons. The molecule has 0 radical (unpaired) electrons. The molecule has 1 saturated heterocycles. The van der Waals surface area contributed by atoms with E-state index in [1.54, 1.807) is 6.07 Å². The third-order valence-electron chi connectivity index (χ3n) is 5.46. The van der Waals surface area contributed by atoms with Crippen LogP contribution in [0.15, 0.2) is 42.3 Å². The van der Waals surface area contributed by atoms with E-state index in [1.165, 1.54) is 11.1 Å². The fourth-order valence-electron chi connectivity index (χ4n) is 3.82. The summed E-state index contributed by atoms with van der Waals surface area (Å²) >= 11 is 0. The predicted octanol–water partition coefficient (Wildman–Crippen LogP) is 4.24. The summed E-state index contributed by atoms with van der Waals surface area (Å²) in [6.07, 6.45) is 7.26. The first-order valence-electron chi connectivity index (χ1n) is 9.33. The van der Waals surface area contributed by atoms with Gasteiger partial charge >= 0.3 is 0 Å². The Hall–Kier alpha value is -3.01. The topological polar surface area (TPSA) is 61.9 Å². The quantitative estimate of drug-likeness (QED) is 0.781. The number of halogens is 2. The maximum atomic E-state index is 13.3. The van der Waals surface area contributed by atoms with Crippen LogP contribution in [0.5, 0.6) is 0 Å². The summed E-state index contributed by atoms with van der Waals surface area (Å²) in [5.74, 6) is -2.77. The molecule has 0 aromatic carbocycles. The average Bonchev–Trinajstić information content (AvgIpc) is 3.10. The van der Waals surface area contributed by atoms with Crippen LogP contribution in [-0.4, -0.2) is 39.4 Å². The van der Waals surface area contributed by atoms with Gasteiger partial charge in [-0.05, 0) is 30.7 Å². The van der Waals surface area contributed by atoms with Crippen molar-refractivity contribution in [3.8, 4) is 6.07 Å². The van der Waals surface area contributed by atoms with E-state index in [0.717, 1.165) is 22.3 Å². The lowest BCUT2D eigenvalue weighted by Crippen LogP contribution is -2.42. The Kier molecular flexibility index (Phi) is 4.50. The molecule has 4 rings (SSSR count). The number of piperidine rings is 1. The lowest BCUT2D eigenvalue weighted by atomic mass is 9.93. The highest BCUT2D eigenvalue weighted by Crippen LogP contribution is 2.31. The van der Waals surface area contributed by atoms with Crippen molar-refractivity contribution in [3.63, 3.8) is 0 Å². The fraction of sp³-hybridized carbons (Fsp3) is 0.381. The molecule has 2 aliphatic rings. The van der Waals surface area contributed by atoms with Gasteiger partial charge < -0.3 is 9.47 Å². The van der Waals surface area contributed by atoms with Crippen molar-refractivity contribution in [1.82, 2.24) is 14.5 Å². The number of likely N-dealkylation sites (tertiary alicyclic amines) is 1. The number of aromatic nitrogens is 2. The van der Waals surface area contributed by atoms with Gasteiger partial charge in [0.05, 0.1) is 11.6 Å². The number of amides is 1. The van der Waals surface area contributed by atoms with Crippen LogP contribution < -0.4 is 0 Å². The van der Waals surface area contributed by atoms with Crippen LogP contribution in [0.25, 0.3) is 16.7 Å². The van der Waals surface area contributed by atoms with E-state index >= 15 is 0 Å². The fourth-order valence-corrected chi connectivity index (χ4v) is 3.82. The molecule has 7 heteroatoms. The maximum absolute atomic E-state index is 13.3. The van der Waals surface area contributed by atoms with Crippen molar-refractivity contribution in [3.05, 3.63) is 47.8 Å². The Bertz CT molecular complexity index is 1030. The number of rotatable bonds is 2. The SMILES string of the molecule is CC1CC(C#N)=CC=C1n1ccc2cc(C(=O)N3CCC(F)(F)CC3)cnc21. The maximum Gasteiger partial charge on any atom is 0.255 e. The van der Waals surface area contributed by atoms with E-state index in [0.29, 0.717) is 12.0 Å². The van der Waals surface area contributed by atoms with Crippen LogP contribution in [0.1, 0.15) is 36.5 Å². The summed E-state index contributed by atoms with van der Waals surface area (Å²) in [5.41, 5.74) is 2.93. The van der Waals surface area contributed by atoms with Gasteiger partial charge in [0.2, 0.25) is 0 Å². The number of nitriles is 1. The highest BCUT2D eigenvalue weighted by atomic mass is 19.3. The Labute approximate surface area is 161 Å². The van der Waals surface area contributed by atoms with Gasteiger partial charge in [-0.1, -0.05) is 6.92 Å². The lowest BCUT2D eigenvalue weighted by Gasteiger charge is -2.31. The Morgan fingerprint density at radius 1 is 1.32 bits per heavy atom. The molecule has 0 saturated carbocycles. The largest absolute Gasteiger partial charge is 0.338 e. The third kappa shape index (κ3) is 3.31. The van der Waals surface area contributed by atoms with Crippen molar-refractivity contribution in [2.24, 2.45) is 5.92 Å². The van der Waals surface area contributed by atoms with Crippen LogP contribution >= 0.6 is 0 Å². The van der Waals surface area contributed by atoms with Crippen LogP contribution in [0.3, 0.4) is 0 Å². The van der Waals surface area contributed by atoms with Gasteiger partial charge in [0.1, 0.15) is 5.65 Å². The first-order chi connectivity index (χ1) is 13.4. The molecule has 2 aromatic heterocycles. The van der Waals surface area contributed by atoms with Crippen molar-refractivity contribution in [2.75, 3.05) is 13.1 Å². The molecule has 1 amide bonds. The van der Waals surface area contributed by atoms with Gasteiger partial charge in [-0.15, -0.1) is 0 Å². The number of nitrogens with zero attached hydrogens (tertiary/aromatic N) is 4. The molecule has 1 unspecified atom stereocenters. The van der Waals surface area contributed by atoms with Crippen molar-refractivity contribution < 1.29 is 13.6 Å². The molecule has 0 spiro atoms. The summed E-state index contributed by atoms with van der Waals surface area (Å²) in [7, 11) is 0. The number of alkyl halides is 2. The molecule has 1 fully saturated rings. The first-order valence-corrected chi connectivity index (χ1v) is 9.33. The Morgan fingerprint density at radius 2 is 2.07 bits per heavy atom. The van der Waals surface area contributed by atoms with Crippen molar-refractivity contribution in [2.45, 2.75) is 32.1 Å². The van der Waals surface area contributed by atoms with Gasteiger partial charge in [0.25, 0.3) is 11.8 Å². The molecule has 2 aromatic rings. The first kappa shape index (κ1) is 18.4. The normalized spacial score (nSPS) is 21.8. The summed E-state index contributed by atoms with van der Waals surface area (Å²) in [4.78, 5) is 18.6. The molecule has 1 aliphatic heterocycles. The smallest absolute Gasteiger partial charge is 0.255 e. The minimum atomic E-state index is -2.68. The lowest BCUT2D eigenvalue weighted by molar-refractivity contribution is -0.0494. The van der Waals surface area contributed by atoms with Gasteiger partial charge in [-0.25, -0.2) is 13.8 Å².